The Hall–Kier alpha value is -0.220. The highest BCUT2D eigenvalue weighted by Crippen LogP contribution is 2.33. The Morgan fingerprint density at radius 3 is 2.71 bits per heavy atom. The first-order valence-corrected chi connectivity index (χ1v) is 7.90. The van der Waals surface area contributed by atoms with E-state index in [1.807, 2.05) is 11.8 Å². The number of piperidine rings is 1. The number of hydrogen-bond acceptors (Lipinski definition) is 3. The van der Waals surface area contributed by atoms with Gasteiger partial charge in [0.1, 0.15) is 0 Å². The van der Waals surface area contributed by atoms with Gasteiger partial charge in [0.2, 0.25) is 5.91 Å². The lowest BCUT2D eigenvalue weighted by molar-refractivity contribution is -0.119. The van der Waals surface area contributed by atoms with Crippen LogP contribution in [-0.4, -0.2) is 36.0 Å². The van der Waals surface area contributed by atoms with Crippen LogP contribution in [0.15, 0.2) is 0 Å². The van der Waals surface area contributed by atoms with Crippen LogP contribution in [0.5, 0.6) is 0 Å². The molecule has 0 radical (unpaired) electrons. The Labute approximate surface area is 108 Å². The fourth-order valence-corrected chi connectivity index (χ4v) is 3.42. The highest BCUT2D eigenvalue weighted by atomic mass is 32.2. The number of nitrogens with one attached hydrogen (secondary N) is 2. The minimum atomic E-state index is 0.224. The molecule has 1 aliphatic heterocycles. The number of thioether (sulfide) groups is 1. The molecule has 1 amide bonds. The second kappa shape index (κ2) is 6.64. The van der Waals surface area contributed by atoms with E-state index in [9.17, 15) is 4.79 Å². The summed E-state index contributed by atoms with van der Waals surface area (Å²) >= 11 is 1.83. The van der Waals surface area contributed by atoms with Gasteiger partial charge in [-0.1, -0.05) is 12.8 Å². The quantitative estimate of drug-likeness (QED) is 0.761. The summed E-state index contributed by atoms with van der Waals surface area (Å²) in [4.78, 5) is 11.8. The van der Waals surface area contributed by atoms with Gasteiger partial charge in [-0.05, 0) is 45.2 Å². The van der Waals surface area contributed by atoms with Crippen molar-refractivity contribution in [3.8, 4) is 0 Å². The van der Waals surface area contributed by atoms with E-state index in [1.165, 1.54) is 32.1 Å². The molecule has 0 aromatic carbocycles. The van der Waals surface area contributed by atoms with Crippen molar-refractivity contribution in [2.24, 2.45) is 5.92 Å². The van der Waals surface area contributed by atoms with Crippen molar-refractivity contribution in [3.05, 3.63) is 0 Å². The lowest BCUT2D eigenvalue weighted by atomic mass is 10.1. The molecule has 2 aliphatic rings. The average molecular weight is 256 g/mol. The van der Waals surface area contributed by atoms with Gasteiger partial charge in [-0.25, -0.2) is 0 Å². The maximum atomic E-state index is 11.8. The smallest absolute Gasteiger partial charge is 0.230 e. The zero-order valence-corrected chi connectivity index (χ0v) is 11.5. The number of carbonyl (C=O) groups excluding carboxylic acids is 1. The van der Waals surface area contributed by atoms with E-state index in [1.54, 1.807) is 0 Å². The Kier molecular flexibility index (Phi) is 5.16. The predicted molar refractivity (Wildman–Crippen MR) is 73.3 cm³/mol. The number of hydrogen-bond donors (Lipinski definition) is 2. The van der Waals surface area contributed by atoms with E-state index in [2.05, 4.69) is 17.6 Å². The third-order valence-corrected chi connectivity index (χ3v) is 4.90. The normalized spacial score (nSPS) is 23.4. The second-order valence-corrected chi connectivity index (χ2v) is 6.70. The minimum absolute atomic E-state index is 0.224. The van der Waals surface area contributed by atoms with E-state index < -0.39 is 0 Å². The van der Waals surface area contributed by atoms with Crippen molar-refractivity contribution < 1.29 is 4.79 Å². The maximum Gasteiger partial charge on any atom is 0.230 e. The van der Waals surface area contributed by atoms with Crippen molar-refractivity contribution >= 4 is 17.7 Å². The van der Waals surface area contributed by atoms with Gasteiger partial charge in [0.25, 0.3) is 0 Å². The fourth-order valence-electron chi connectivity index (χ4n) is 2.38. The van der Waals surface area contributed by atoms with Gasteiger partial charge in [0.15, 0.2) is 0 Å². The molecule has 98 valence electrons. The van der Waals surface area contributed by atoms with Crippen LogP contribution in [0.4, 0.5) is 0 Å². The van der Waals surface area contributed by atoms with Crippen LogP contribution < -0.4 is 10.6 Å². The molecule has 1 aliphatic carbocycles. The van der Waals surface area contributed by atoms with E-state index in [-0.39, 0.29) is 5.91 Å². The molecular weight excluding hydrogens is 232 g/mol. The summed E-state index contributed by atoms with van der Waals surface area (Å²) in [6.07, 6.45) is 6.31. The van der Waals surface area contributed by atoms with E-state index in [0.717, 1.165) is 19.0 Å². The van der Waals surface area contributed by atoms with Crippen LogP contribution in [-0.2, 0) is 4.79 Å². The van der Waals surface area contributed by atoms with Crippen molar-refractivity contribution in [2.45, 2.75) is 50.3 Å². The zero-order valence-electron chi connectivity index (χ0n) is 10.7. The zero-order chi connectivity index (χ0) is 12.1. The van der Waals surface area contributed by atoms with Gasteiger partial charge in [-0.3, -0.25) is 4.79 Å². The standard InChI is InChI=1S/C13H24N2OS/c1-10(8-11-2-3-11)15-13(16)9-17-12-4-6-14-7-5-12/h10-12,14H,2-9H2,1H3,(H,15,16). The van der Waals surface area contributed by atoms with Crippen LogP contribution in [0.25, 0.3) is 0 Å². The van der Waals surface area contributed by atoms with Gasteiger partial charge in [0.05, 0.1) is 5.75 Å². The maximum absolute atomic E-state index is 11.8. The molecule has 2 N–H and O–H groups in total. The molecule has 1 unspecified atom stereocenters. The van der Waals surface area contributed by atoms with Crippen LogP contribution in [0.3, 0.4) is 0 Å². The van der Waals surface area contributed by atoms with E-state index in [4.69, 9.17) is 0 Å². The Bertz CT molecular complexity index is 250. The van der Waals surface area contributed by atoms with E-state index in [0.29, 0.717) is 17.0 Å². The van der Waals surface area contributed by atoms with Crippen molar-refractivity contribution in [1.82, 2.24) is 10.6 Å². The first-order valence-electron chi connectivity index (χ1n) is 6.85. The first kappa shape index (κ1) is 13.2. The molecule has 2 fully saturated rings. The molecule has 2 rings (SSSR count). The highest BCUT2D eigenvalue weighted by Gasteiger charge is 2.24. The molecule has 17 heavy (non-hydrogen) atoms. The van der Waals surface area contributed by atoms with Crippen LogP contribution in [0.2, 0.25) is 0 Å². The lowest BCUT2D eigenvalue weighted by Gasteiger charge is -2.22. The molecule has 0 spiro atoms. The summed E-state index contributed by atoms with van der Waals surface area (Å²) < 4.78 is 0. The molecule has 1 heterocycles. The van der Waals surface area contributed by atoms with E-state index >= 15 is 0 Å². The minimum Gasteiger partial charge on any atom is -0.353 e. The summed E-state index contributed by atoms with van der Waals surface area (Å²) in [6.45, 7) is 4.35. The third-order valence-electron chi connectivity index (χ3n) is 3.53. The lowest BCUT2D eigenvalue weighted by Crippen LogP contribution is -2.35. The fraction of sp³-hybridized carbons (Fsp3) is 0.923. The average Bonchev–Trinajstić information content (AvgIpc) is 3.11. The van der Waals surface area contributed by atoms with Crippen molar-refractivity contribution in [3.63, 3.8) is 0 Å². The van der Waals surface area contributed by atoms with Crippen molar-refractivity contribution in [1.29, 1.82) is 0 Å². The molecular formula is C13H24N2OS. The Morgan fingerprint density at radius 2 is 2.06 bits per heavy atom. The molecule has 0 aromatic heterocycles. The third kappa shape index (κ3) is 5.30. The second-order valence-electron chi connectivity index (χ2n) is 5.41. The summed E-state index contributed by atoms with van der Waals surface area (Å²) in [5.41, 5.74) is 0. The number of carbonyl (C=O) groups is 1. The molecule has 1 atom stereocenters. The first-order chi connectivity index (χ1) is 8.24. The molecule has 3 nitrogen and oxygen atoms in total. The van der Waals surface area contributed by atoms with Gasteiger partial charge in [-0.2, -0.15) is 0 Å². The van der Waals surface area contributed by atoms with Gasteiger partial charge < -0.3 is 10.6 Å². The molecule has 0 bridgehead atoms. The summed E-state index contributed by atoms with van der Waals surface area (Å²) in [5.74, 6) is 1.75. The van der Waals surface area contributed by atoms with Gasteiger partial charge >= 0.3 is 0 Å². The molecule has 4 heteroatoms. The predicted octanol–water partition coefficient (Wildman–Crippen LogP) is 1.78. The van der Waals surface area contributed by atoms with Crippen LogP contribution in [0.1, 0.15) is 39.0 Å². The topological polar surface area (TPSA) is 41.1 Å². The SMILES string of the molecule is CC(CC1CC1)NC(=O)CSC1CCNCC1. The van der Waals surface area contributed by atoms with Crippen LogP contribution in [0, 0.1) is 5.92 Å². The van der Waals surface area contributed by atoms with Gasteiger partial charge in [0, 0.05) is 11.3 Å². The molecule has 1 saturated heterocycles. The number of rotatable bonds is 6. The van der Waals surface area contributed by atoms with Crippen molar-refractivity contribution in [2.75, 3.05) is 18.8 Å². The summed E-state index contributed by atoms with van der Waals surface area (Å²) in [5, 5.41) is 7.15. The van der Waals surface area contributed by atoms with Gasteiger partial charge in [-0.15, -0.1) is 11.8 Å². The summed E-state index contributed by atoms with van der Waals surface area (Å²) in [7, 11) is 0. The molecule has 1 saturated carbocycles. The Morgan fingerprint density at radius 1 is 1.35 bits per heavy atom. The Balaban J connectivity index is 1.55. The molecule has 0 aromatic rings. The number of amides is 1. The largest absolute Gasteiger partial charge is 0.353 e. The summed E-state index contributed by atoms with van der Waals surface area (Å²) in [6, 6.07) is 0.364. The van der Waals surface area contributed by atoms with Crippen LogP contribution >= 0.6 is 11.8 Å². The highest BCUT2D eigenvalue weighted by molar-refractivity contribution is 8.00. The monoisotopic (exact) mass is 256 g/mol.